The van der Waals surface area contributed by atoms with Gasteiger partial charge in [-0.1, -0.05) is 119 Å². The number of carbonyl (C=O) groups is 1. The molecule has 54 heavy (non-hydrogen) atoms. The van der Waals surface area contributed by atoms with Crippen molar-refractivity contribution in [3.63, 3.8) is 0 Å². The SMILES string of the molecule is CCCCCOc1cc(CCC(=O)c2c(OCCCCC)c(OCCCCC)cc(OCCCCC)c2OCCCCC)c(OCCCCC)c(OC)c1. The lowest BCUT2D eigenvalue weighted by atomic mass is 9.99. The second-order valence-electron chi connectivity index (χ2n) is 14.3. The standard InChI is InChI=1S/C46H76O8/c1-8-14-20-28-49-38-34-37(44(40(35-38)48-7)52-31-23-17-11-4)26-27-39(47)43-45(53-32-24-18-12-5)41(50-29-21-15-9-2)36-42(51-30-22-16-10-3)46(43)54-33-25-19-13-6/h34-36H,8-33H2,1-7H3. The van der Waals surface area contributed by atoms with Crippen molar-refractivity contribution in [3.05, 3.63) is 29.3 Å². The molecule has 0 aliphatic heterocycles. The molecule has 0 unspecified atom stereocenters. The van der Waals surface area contributed by atoms with Crippen molar-refractivity contribution < 1.29 is 38.0 Å². The first-order valence-electron chi connectivity index (χ1n) is 21.7. The number of methoxy groups -OCH3 is 1. The average Bonchev–Trinajstić information content (AvgIpc) is 3.18. The van der Waals surface area contributed by atoms with E-state index in [-0.39, 0.29) is 12.2 Å². The number of rotatable bonds is 35. The summed E-state index contributed by atoms with van der Waals surface area (Å²) in [6, 6.07) is 5.81. The van der Waals surface area contributed by atoms with Crippen LogP contribution in [-0.2, 0) is 6.42 Å². The quantitative estimate of drug-likeness (QED) is 0.0508. The molecule has 2 rings (SSSR count). The number of ketones is 1. The predicted molar refractivity (Wildman–Crippen MR) is 222 cm³/mol. The van der Waals surface area contributed by atoms with Crippen LogP contribution in [0.3, 0.4) is 0 Å². The van der Waals surface area contributed by atoms with Gasteiger partial charge in [-0.15, -0.1) is 0 Å². The fraction of sp³-hybridized carbons (Fsp3) is 0.717. The molecule has 0 fully saturated rings. The molecule has 0 aliphatic rings. The van der Waals surface area contributed by atoms with Crippen molar-refractivity contribution in [2.24, 2.45) is 0 Å². The Balaban J connectivity index is 2.66. The molecule has 8 nitrogen and oxygen atoms in total. The number of aryl methyl sites for hydroxylation is 1. The van der Waals surface area contributed by atoms with Gasteiger partial charge in [0.05, 0.1) is 46.8 Å². The molecule has 0 saturated heterocycles. The zero-order chi connectivity index (χ0) is 39.2. The van der Waals surface area contributed by atoms with E-state index in [2.05, 4.69) is 41.5 Å². The Morgan fingerprint density at radius 1 is 0.444 bits per heavy atom. The summed E-state index contributed by atoms with van der Waals surface area (Å²) < 4.78 is 44.4. The summed E-state index contributed by atoms with van der Waals surface area (Å²) in [5, 5.41) is 0. The second-order valence-corrected chi connectivity index (χ2v) is 14.3. The monoisotopic (exact) mass is 757 g/mol. The van der Waals surface area contributed by atoms with Crippen LogP contribution in [0.2, 0.25) is 0 Å². The van der Waals surface area contributed by atoms with Crippen molar-refractivity contribution in [1.29, 1.82) is 0 Å². The molecule has 2 aromatic rings. The molecule has 0 bridgehead atoms. The van der Waals surface area contributed by atoms with Crippen LogP contribution in [0.1, 0.15) is 179 Å². The summed E-state index contributed by atoms with van der Waals surface area (Å²) in [5.41, 5.74) is 1.29. The first-order chi connectivity index (χ1) is 26.5. The molecule has 0 heterocycles. The molecule has 0 amide bonds. The first-order valence-corrected chi connectivity index (χ1v) is 21.7. The number of Topliss-reactive ketones (excluding diaryl/α,β-unsaturated/α-hetero) is 1. The Morgan fingerprint density at radius 2 is 0.833 bits per heavy atom. The van der Waals surface area contributed by atoms with E-state index in [0.29, 0.717) is 86.1 Å². The Labute approximate surface area is 329 Å². The van der Waals surface area contributed by atoms with Crippen LogP contribution < -0.4 is 33.2 Å². The Kier molecular flexibility index (Phi) is 26.0. The molecular weight excluding hydrogens is 680 g/mol. The number of hydrogen-bond donors (Lipinski definition) is 0. The van der Waals surface area contributed by atoms with Gasteiger partial charge in [-0.05, 0) is 51.0 Å². The van der Waals surface area contributed by atoms with Gasteiger partial charge in [0.2, 0.25) is 0 Å². The lowest BCUT2D eigenvalue weighted by molar-refractivity contribution is 0.0971. The first kappa shape index (κ1) is 46.9. The zero-order valence-corrected chi connectivity index (χ0v) is 35.4. The van der Waals surface area contributed by atoms with E-state index >= 15 is 0 Å². The second kappa shape index (κ2) is 30.0. The topological polar surface area (TPSA) is 81.7 Å². The van der Waals surface area contributed by atoms with E-state index in [4.69, 9.17) is 33.2 Å². The van der Waals surface area contributed by atoms with Gasteiger partial charge < -0.3 is 33.2 Å². The van der Waals surface area contributed by atoms with Crippen LogP contribution in [0.4, 0.5) is 0 Å². The van der Waals surface area contributed by atoms with Gasteiger partial charge in [0.1, 0.15) is 11.3 Å². The largest absolute Gasteiger partial charge is 0.493 e. The zero-order valence-electron chi connectivity index (χ0n) is 35.4. The third-order valence-electron chi connectivity index (χ3n) is 9.40. The predicted octanol–water partition coefficient (Wildman–Crippen LogP) is 12.9. The minimum atomic E-state index is -0.0893. The normalized spacial score (nSPS) is 11.0. The lowest BCUT2D eigenvalue weighted by Crippen LogP contribution is -2.14. The van der Waals surface area contributed by atoms with Crippen LogP contribution in [0, 0.1) is 0 Å². The molecule has 8 heteroatoms. The van der Waals surface area contributed by atoms with Gasteiger partial charge in [0, 0.05) is 24.1 Å². The maximum atomic E-state index is 14.8. The Hall–Kier alpha value is -3.29. The number of ether oxygens (including phenoxy) is 7. The third kappa shape index (κ3) is 17.5. The summed E-state index contributed by atoms with van der Waals surface area (Å²) in [7, 11) is 1.66. The van der Waals surface area contributed by atoms with Gasteiger partial charge in [-0.3, -0.25) is 4.79 Å². The highest BCUT2D eigenvalue weighted by Gasteiger charge is 2.29. The fourth-order valence-electron chi connectivity index (χ4n) is 6.13. The van der Waals surface area contributed by atoms with Crippen molar-refractivity contribution in [2.45, 2.75) is 170 Å². The summed E-state index contributed by atoms with van der Waals surface area (Å²) >= 11 is 0. The van der Waals surface area contributed by atoms with Crippen molar-refractivity contribution >= 4 is 5.78 Å². The third-order valence-corrected chi connectivity index (χ3v) is 9.40. The van der Waals surface area contributed by atoms with E-state index in [1.807, 2.05) is 18.2 Å². The summed E-state index contributed by atoms with van der Waals surface area (Å²) in [6.45, 7) is 16.3. The maximum Gasteiger partial charge on any atom is 0.176 e. The van der Waals surface area contributed by atoms with Crippen LogP contribution in [0.25, 0.3) is 0 Å². The van der Waals surface area contributed by atoms with Crippen LogP contribution in [-0.4, -0.2) is 52.5 Å². The Morgan fingerprint density at radius 3 is 1.24 bits per heavy atom. The number of benzene rings is 2. The molecule has 308 valence electrons. The number of unbranched alkanes of at least 4 members (excludes halogenated alkanes) is 12. The van der Waals surface area contributed by atoms with E-state index in [1.165, 1.54) is 0 Å². The smallest absolute Gasteiger partial charge is 0.176 e. The number of hydrogen-bond acceptors (Lipinski definition) is 8. The van der Waals surface area contributed by atoms with E-state index in [0.717, 1.165) is 127 Å². The highest BCUT2D eigenvalue weighted by atomic mass is 16.5. The van der Waals surface area contributed by atoms with Crippen molar-refractivity contribution in [3.8, 4) is 40.2 Å². The van der Waals surface area contributed by atoms with Gasteiger partial charge in [0.15, 0.2) is 40.3 Å². The van der Waals surface area contributed by atoms with Gasteiger partial charge in [0.25, 0.3) is 0 Å². The molecule has 2 aromatic carbocycles. The Bertz CT molecular complexity index is 1230. The van der Waals surface area contributed by atoms with Gasteiger partial charge >= 0.3 is 0 Å². The molecule has 0 radical (unpaired) electrons. The highest BCUT2D eigenvalue weighted by Crippen LogP contribution is 2.47. The van der Waals surface area contributed by atoms with E-state index in [9.17, 15) is 4.79 Å². The minimum Gasteiger partial charge on any atom is -0.493 e. The van der Waals surface area contributed by atoms with E-state index in [1.54, 1.807) is 7.11 Å². The van der Waals surface area contributed by atoms with E-state index < -0.39 is 0 Å². The van der Waals surface area contributed by atoms with Crippen LogP contribution in [0.5, 0.6) is 40.2 Å². The van der Waals surface area contributed by atoms with Crippen LogP contribution >= 0.6 is 0 Å². The average molecular weight is 757 g/mol. The molecular formula is C46H76O8. The molecule has 0 aromatic heterocycles. The van der Waals surface area contributed by atoms with Crippen molar-refractivity contribution in [1.82, 2.24) is 0 Å². The van der Waals surface area contributed by atoms with Gasteiger partial charge in [-0.2, -0.15) is 0 Å². The number of carbonyl (C=O) groups excluding carboxylic acids is 1. The van der Waals surface area contributed by atoms with Crippen LogP contribution in [0.15, 0.2) is 18.2 Å². The molecule has 0 saturated carbocycles. The van der Waals surface area contributed by atoms with Crippen molar-refractivity contribution in [2.75, 3.05) is 46.8 Å². The molecule has 0 atom stereocenters. The van der Waals surface area contributed by atoms with Gasteiger partial charge in [-0.25, -0.2) is 0 Å². The minimum absolute atomic E-state index is 0.0893. The highest BCUT2D eigenvalue weighted by molar-refractivity contribution is 6.03. The summed E-state index contributed by atoms with van der Waals surface area (Å²) in [6.07, 6.45) is 19.0. The summed E-state index contributed by atoms with van der Waals surface area (Å²) in [4.78, 5) is 14.8. The maximum absolute atomic E-state index is 14.8. The molecule has 0 N–H and O–H groups in total. The lowest BCUT2D eigenvalue weighted by Gasteiger charge is -2.23. The fourth-order valence-corrected chi connectivity index (χ4v) is 6.13. The molecule has 0 aliphatic carbocycles. The molecule has 0 spiro atoms. The summed E-state index contributed by atoms with van der Waals surface area (Å²) in [5.74, 6) is 3.92.